The second-order valence-electron chi connectivity index (χ2n) is 7.12. The van der Waals surface area contributed by atoms with Crippen LogP contribution in [-0.4, -0.2) is 39.4 Å². The van der Waals surface area contributed by atoms with E-state index >= 15 is 0 Å². The Labute approximate surface area is 164 Å². The Balaban J connectivity index is 1.48. The van der Waals surface area contributed by atoms with Crippen molar-refractivity contribution in [2.24, 2.45) is 5.92 Å². The van der Waals surface area contributed by atoms with Crippen molar-refractivity contribution in [3.63, 3.8) is 0 Å². The number of nitrogens with zero attached hydrogens (tertiary/aromatic N) is 3. The highest BCUT2D eigenvalue weighted by molar-refractivity contribution is 5.93. The smallest absolute Gasteiger partial charge is 0.368 e. The van der Waals surface area contributed by atoms with Gasteiger partial charge in [0, 0.05) is 17.4 Å². The minimum Gasteiger partial charge on any atom is -0.368 e. The lowest BCUT2D eigenvalue weighted by molar-refractivity contribution is -0.234. The molecule has 1 saturated heterocycles. The van der Waals surface area contributed by atoms with Crippen molar-refractivity contribution in [1.82, 2.24) is 14.6 Å². The molecule has 4 rings (SSSR count). The van der Waals surface area contributed by atoms with Gasteiger partial charge in [0.25, 0.3) is 0 Å². The number of anilines is 1. The van der Waals surface area contributed by atoms with Gasteiger partial charge in [-0.1, -0.05) is 6.07 Å². The number of aryl methyl sites for hydroxylation is 1. The van der Waals surface area contributed by atoms with E-state index in [0.29, 0.717) is 11.5 Å². The van der Waals surface area contributed by atoms with Gasteiger partial charge in [-0.05, 0) is 49.6 Å². The lowest BCUT2D eigenvalue weighted by atomic mass is 9.97. The van der Waals surface area contributed by atoms with Crippen molar-refractivity contribution < 1.29 is 22.7 Å². The number of alkyl halides is 3. The summed E-state index contributed by atoms with van der Waals surface area (Å²) < 4.78 is 44.7. The monoisotopic (exact) mass is 404 g/mol. The summed E-state index contributed by atoms with van der Waals surface area (Å²) in [4.78, 5) is 16.9. The molecule has 29 heavy (non-hydrogen) atoms. The highest BCUT2D eigenvalue weighted by Gasteiger charge is 2.43. The van der Waals surface area contributed by atoms with Crippen LogP contribution in [0.3, 0.4) is 0 Å². The zero-order valence-corrected chi connectivity index (χ0v) is 15.6. The van der Waals surface area contributed by atoms with E-state index in [9.17, 15) is 18.0 Å². The van der Waals surface area contributed by atoms with E-state index in [1.165, 1.54) is 0 Å². The average molecular weight is 404 g/mol. The van der Waals surface area contributed by atoms with Crippen LogP contribution in [-0.2, 0) is 9.53 Å². The summed E-state index contributed by atoms with van der Waals surface area (Å²) in [6.07, 6.45) is -2.75. The molecule has 3 heterocycles. The predicted molar refractivity (Wildman–Crippen MR) is 100 cm³/mol. The van der Waals surface area contributed by atoms with Gasteiger partial charge in [0.2, 0.25) is 5.91 Å². The van der Waals surface area contributed by atoms with Crippen molar-refractivity contribution in [3.8, 4) is 11.4 Å². The number of hydrogen-bond donors (Lipinski definition) is 1. The molecule has 0 spiro atoms. The first kappa shape index (κ1) is 19.4. The maximum absolute atomic E-state index is 12.7. The molecule has 2 atom stereocenters. The van der Waals surface area contributed by atoms with Crippen LogP contribution in [0.5, 0.6) is 0 Å². The number of fused-ring (bicyclic) bond motifs is 1. The van der Waals surface area contributed by atoms with E-state index in [0.717, 1.165) is 16.6 Å². The maximum Gasteiger partial charge on any atom is 0.414 e. The SMILES string of the molecule is Cc1ccc(NC(=O)C2CC[C@H](C(F)(F)F)OC2)cc1-c1ncc2cccn2n1. The molecule has 1 aromatic carbocycles. The fourth-order valence-corrected chi connectivity index (χ4v) is 3.36. The minimum absolute atomic E-state index is 0.127. The molecule has 1 unspecified atom stereocenters. The van der Waals surface area contributed by atoms with Crippen molar-refractivity contribution >= 4 is 17.1 Å². The fraction of sp³-hybridized carbons (Fsp3) is 0.350. The average Bonchev–Trinajstić information content (AvgIpc) is 3.16. The number of nitrogens with one attached hydrogen (secondary N) is 1. The third kappa shape index (κ3) is 4.09. The molecule has 1 amide bonds. The number of halogens is 3. The first-order chi connectivity index (χ1) is 13.8. The van der Waals surface area contributed by atoms with E-state index in [1.807, 2.05) is 31.3 Å². The summed E-state index contributed by atoms with van der Waals surface area (Å²) >= 11 is 0. The summed E-state index contributed by atoms with van der Waals surface area (Å²) in [6, 6.07) is 9.11. The van der Waals surface area contributed by atoms with Crippen LogP contribution in [0.15, 0.2) is 42.7 Å². The topological polar surface area (TPSA) is 68.5 Å². The summed E-state index contributed by atoms with van der Waals surface area (Å²) in [5.74, 6) is -0.468. The number of rotatable bonds is 3. The zero-order valence-electron chi connectivity index (χ0n) is 15.6. The highest BCUT2D eigenvalue weighted by Crippen LogP contribution is 2.32. The van der Waals surface area contributed by atoms with Crippen LogP contribution in [0, 0.1) is 12.8 Å². The van der Waals surface area contributed by atoms with Gasteiger partial charge >= 0.3 is 6.18 Å². The second-order valence-corrected chi connectivity index (χ2v) is 7.12. The molecule has 6 nitrogen and oxygen atoms in total. The van der Waals surface area contributed by atoms with Gasteiger partial charge in [-0.2, -0.15) is 13.2 Å². The lowest BCUT2D eigenvalue weighted by Gasteiger charge is -2.29. The van der Waals surface area contributed by atoms with Crippen molar-refractivity contribution in [2.45, 2.75) is 32.0 Å². The Morgan fingerprint density at radius 1 is 1.28 bits per heavy atom. The molecule has 1 fully saturated rings. The summed E-state index contributed by atoms with van der Waals surface area (Å²) in [5.41, 5.74) is 3.09. The Hall–Kier alpha value is -2.94. The van der Waals surface area contributed by atoms with E-state index in [4.69, 9.17) is 4.74 Å². The Kier molecular flexibility index (Phi) is 4.99. The summed E-state index contributed by atoms with van der Waals surface area (Å²) in [6.45, 7) is 1.67. The standard InChI is InChI=1S/C20H19F3N4O2/c1-12-4-6-14(9-16(12)18-24-10-15-3-2-8-27(15)26-18)25-19(28)13-5-7-17(29-11-13)20(21,22)23/h2-4,6,8-10,13,17H,5,7,11H2,1H3,(H,25,28)/t13?,17-/m1/s1. The number of benzene rings is 1. The van der Waals surface area contributed by atoms with E-state index < -0.39 is 18.2 Å². The van der Waals surface area contributed by atoms with Crippen molar-refractivity contribution in [1.29, 1.82) is 0 Å². The first-order valence-electron chi connectivity index (χ1n) is 9.22. The first-order valence-corrected chi connectivity index (χ1v) is 9.22. The van der Waals surface area contributed by atoms with Crippen molar-refractivity contribution in [3.05, 3.63) is 48.3 Å². The lowest BCUT2D eigenvalue weighted by Crippen LogP contribution is -2.40. The number of amides is 1. The van der Waals surface area contributed by atoms with Gasteiger partial charge in [0.1, 0.15) is 0 Å². The quantitative estimate of drug-likeness (QED) is 0.717. The Bertz CT molecular complexity index is 1040. The summed E-state index contributed by atoms with van der Waals surface area (Å²) in [5, 5.41) is 7.25. The molecule has 0 saturated carbocycles. The largest absolute Gasteiger partial charge is 0.414 e. The highest BCUT2D eigenvalue weighted by atomic mass is 19.4. The molecule has 152 valence electrons. The fourth-order valence-electron chi connectivity index (χ4n) is 3.36. The van der Waals surface area contributed by atoms with Crippen LogP contribution in [0.25, 0.3) is 16.9 Å². The molecular formula is C20H19F3N4O2. The predicted octanol–water partition coefficient (Wildman–Crippen LogP) is 4.00. The zero-order chi connectivity index (χ0) is 20.6. The minimum atomic E-state index is -4.39. The number of carbonyl (C=O) groups is 1. The van der Waals surface area contributed by atoms with Crippen LogP contribution in [0.4, 0.5) is 18.9 Å². The third-order valence-corrected chi connectivity index (χ3v) is 5.04. The molecule has 0 aliphatic carbocycles. The molecule has 1 N–H and O–H groups in total. The molecule has 0 radical (unpaired) electrons. The van der Waals surface area contributed by atoms with Crippen LogP contribution >= 0.6 is 0 Å². The van der Waals surface area contributed by atoms with Crippen LogP contribution in [0.1, 0.15) is 18.4 Å². The molecule has 1 aliphatic rings. The van der Waals surface area contributed by atoms with Crippen LogP contribution in [0.2, 0.25) is 0 Å². The van der Waals surface area contributed by atoms with Crippen LogP contribution < -0.4 is 5.32 Å². The molecule has 1 aliphatic heterocycles. The van der Waals surface area contributed by atoms with Gasteiger partial charge in [-0.15, -0.1) is 5.10 Å². The Morgan fingerprint density at radius 3 is 2.83 bits per heavy atom. The van der Waals surface area contributed by atoms with E-state index in [1.54, 1.807) is 22.8 Å². The van der Waals surface area contributed by atoms with Gasteiger partial charge in [0.05, 0.1) is 24.2 Å². The molecule has 2 aromatic heterocycles. The van der Waals surface area contributed by atoms with Crippen molar-refractivity contribution in [2.75, 3.05) is 11.9 Å². The second kappa shape index (κ2) is 7.47. The van der Waals surface area contributed by atoms with Gasteiger partial charge in [-0.25, -0.2) is 9.50 Å². The molecular weight excluding hydrogens is 385 g/mol. The molecule has 0 bridgehead atoms. The normalized spacial score (nSPS) is 20.0. The van der Waals surface area contributed by atoms with Gasteiger partial charge in [0.15, 0.2) is 11.9 Å². The Morgan fingerprint density at radius 2 is 2.10 bits per heavy atom. The van der Waals surface area contributed by atoms with E-state index in [-0.39, 0.29) is 25.4 Å². The van der Waals surface area contributed by atoms with E-state index in [2.05, 4.69) is 15.4 Å². The summed E-state index contributed by atoms with van der Waals surface area (Å²) in [7, 11) is 0. The number of hydrogen-bond acceptors (Lipinski definition) is 4. The number of carbonyl (C=O) groups excluding carboxylic acids is 1. The van der Waals surface area contributed by atoms with Gasteiger partial charge < -0.3 is 10.1 Å². The molecule has 9 heteroatoms. The van der Waals surface area contributed by atoms with Gasteiger partial charge in [-0.3, -0.25) is 4.79 Å². The number of aromatic nitrogens is 3. The molecule has 3 aromatic rings. The number of ether oxygens (including phenoxy) is 1. The maximum atomic E-state index is 12.7. The third-order valence-electron chi connectivity index (χ3n) is 5.04.